The zero-order valence-electron chi connectivity index (χ0n) is 10.2. The zero-order valence-corrected chi connectivity index (χ0v) is 11.0. The van der Waals surface area contributed by atoms with Crippen molar-refractivity contribution in [3.63, 3.8) is 0 Å². The molecule has 0 bridgehead atoms. The van der Waals surface area contributed by atoms with Crippen molar-refractivity contribution >= 4 is 9.84 Å². The Hall–Kier alpha value is -0.130. The molecule has 1 aliphatic rings. The Labute approximate surface area is 98.6 Å². The molecule has 5 heteroatoms. The van der Waals surface area contributed by atoms with Crippen LogP contribution < -0.4 is 0 Å². The van der Waals surface area contributed by atoms with Crippen LogP contribution in [-0.2, 0) is 9.84 Å². The first kappa shape index (κ1) is 13.9. The van der Waals surface area contributed by atoms with Crippen LogP contribution in [-0.4, -0.2) is 56.2 Å². The third kappa shape index (κ3) is 4.80. The monoisotopic (exact) mass is 249 g/mol. The van der Waals surface area contributed by atoms with Gasteiger partial charge >= 0.3 is 0 Å². The molecular weight excluding hydrogens is 226 g/mol. The number of sulfone groups is 1. The van der Waals surface area contributed by atoms with Gasteiger partial charge in [0.1, 0.15) is 9.84 Å². The Morgan fingerprint density at radius 2 is 1.94 bits per heavy atom. The van der Waals surface area contributed by atoms with Gasteiger partial charge in [-0.1, -0.05) is 6.92 Å². The standard InChI is InChI=1S/C11H23NO3S/c1-3-11(13)10-4-6-12(7-5-10)8-9-16(2,14)15/h10-11,13H,3-9H2,1-2H3/t11-/m0/s1. The van der Waals surface area contributed by atoms with E-state index in [4.69, 9.17) is 0 Å². The third-order valence-electron chi connectivity index (χ3n) is 3.37. The van der Waals surface area contributed by atoms with Gasteiger partial charge in [0.15, 0.2) is 0 Å². The first-order valence-corrected chi connectivity index (χ1v) is 8.06. The topological polar surface area (TPSA) is 57.6 Å². The average molecular weight is 249 g/mol. The zero-order chi connectivity index (χ0) is 12.2. The number of rotatable bonds is 5. The molecule has 1 rings (SSSR count). The van der Waals surface area contributed by atoms with Gasteiger partial charge in [-0.3, -0.25) is 0 Å². The van der Waals surface area contributed by atoms with Crippen LogP contribution in [0.4, 0.5) is 0 Å². The number of aliphatic hydroxyl groups excluding tert-OH is 1. The second kappa shape index (κ2) is 5.98. The SMILES string of the molecule is CC[C@H](O)C1CCN(CCS(C)(=O)=O)CC1. The molecule has 1 N–H and O–H groups in total. The van der Waals surface area contributed by atoms with Crippen molar-refractivity contribution in [1.82, 2.24) is 4.90 Å². The van der Waals surface area contributed by atoms with E-state index in [-0.39, 0.29) is 11.9 Å². The first-order chi connectivity index (χ1) is 7.42. The minimum absolute atomic E-state index is 0.183. The van der Waals surface area contributed by atoms with Gasteiger partial charge in [-0.05, 0) is 38.3 Å². The van der Waals surface area contributed by atoms with Crippen molar-refractivity contribution in [3.05, 3.63) is 0 Å². The Kier molecular flexibility index (Phi) is 5.21. The summed E-state index contributed by atoms with van der Waals surface area (Å²) in [6.45, 7) is 4.46. The molecule has 0 aromatic carbocycles. The van der Waals surface area contributed by atoms with Gasteiger partial charge in [-0.15, -0.1) is 0 Å². The van der Waals surface area contributed by atoms with Crippen LogP contribution >= 0.6 is 0 Å². The van der Waals surface area contributed by atoms with Crippen LogP contribution in [0.1, 0.15) is 26.2 Å². The normalized spacial score (nSPS) is 22.2. The predicted octanol–water partition coefficient (Wildman–Crippen LogP) is 0.514. The maximum atomic E-state index is 11.0. The molecule has 1 fully saturated rings. The van der Waals surface area contributed by atoms with Crippen molar-refractivity contribution in [2.75, 3.05) is 31.6 Å². The van der Waals surface area contributed by atoms with Gasteiger partial charge in [0, 0.05) is 12.8 Å². The van der Waals surface area contributed by atoms with E-state index >= 15 is 0 Å². The Morgan fingerprint density at radius 1 is 1.38 bits per heavy atom. The fraction of sp³-hybridized carbons (Fsp3) is 1.00. The lowest BCUT2D eigenvalue weighted by molar-refractivity contribution is 0.0586. The molecule has 1 saturated heterocycles. The fourth-order valence-corrected chi connectivity index (χ4v) is 2.78. The summed E-state index contributed by atoms with van der Waals surface area (Å²) >= 11 is 0. The van der Waals surface area contributed by atoms with Gasteiger partial charge in [0.05, 0.1) is 11.9 Å². The van der Waals surface area contributed by atoms with Gasteiger partial charge in [0.25, 0.3) is 0 Å². The summed E-state index contributed by atoms with van der Waals surface area (Å²) in [6.07, 6.45) is 3.88. The Balaban J connectivity index is 2.27. The highest BCUT2D eigenvalue weighted by Crippen LogP contribution is 2.22. The number of piperidine rings is 1. The number of hydrogen-bond donors (Lipinski definition) is 1. The van der Waals surface area contributed by atoms with Crippen molar-refractivity contribution in [1.29, 1.82) is 0 Å². The molecule has 0 amide bonds. The van der Waals surface area contributed by atoms with E-state index in [0.29, 0.717) is 12.5 Å². The van der Waals surface area contributed by atoms with E-state index in [1.54, 1.807) is 0 Å². The molecule has 4 nitrogen and oxygen atoms in total. The summed E-state index contributed by atoms with van der Waals surface area (Å²) in [5.41, 5.74) is 0. The smallest absolute Gasteiger partial charge is 0.148 e. The molecule has 96 valence electrons. The van der Waals surface area contributed by atoms with E-state index in [1.807, 2.05) is 6.92 Å². The van der Waals surface area contributed by atoms with Crippen molar-refractivity contribution in [3.8, 4) is 0 Å². The highest BCUT2D eigenvalue weighted by atomic mass is 32.2. The highest BCUT2D eigenvalue weighted by molar-refractivity contribution is 7.90. The molecule has 1 heterocycles. The van der Waals surface area contributed by atoms with Crippen LogP contribution in [0.5, 0.6) is 0 Å². The number of nitrogens with zero attached hydrogens (tertiary/aromatic N) is 1. The maximum Gasteiger partial charge on any atom is 0.148 e. The predicted molar refractivity (Wildman–Crippen MR) is 65.2 cm³/mol. The number of likely N-dealkylation sites (tertiary alicyclic amines) is 1. The molecule has 0 radical (unpaired) electrons. The van der Waals surface area contributed by atoms with E-state index in [0.717, 1.165) is 32.4 Å². The van der Waals surface area contributed by atoms with Crippen LogP contribution in [0, 0.1) is 5.92 Å². The second-order valence-electron chi connectivity index (χ2n) is 4.78. The molecule has 0 unspecified atom stereocenters. The molecule has 16 heavy (non-hydrogen) atoms. The van der Waals surface area contributed by atoms with Crippen molar-refractivity contribution in [2.45, 2.75) is 32.3 Å². The van der Waals surface area contributed by atoms with E-state index in [9.17, 15) is 13.5 Å². The summed E-state index contributed by atoms with van der Waals surface area (Å²) in [5.74, 6) is 0.646. The average Bonchev–Trinajstić information content (AvgIpc) is 2.25. The van der Waals surface area contributed by atoms with Crippen LogP contribution in [0.25, 0.3) is 0 Å². The second-order valence-corrected chi connectivity index (χ2v) is 7.04. The van der Waals surface area contributed by atoms with Crippen molar-refractivity contribution < 1.29 is 13.5 Å². The first-order valence-electron chi connectivity index (χ1n) is 6.00. The molecule has 0 spiro atoms. The third-order valence-corrected chi connectivity index (χ3v) is 4.30. The van der Waals surface area contributed by atoms with Crippen LogP contribution in [0.2, 0.25) is 0 Å². The fourth-order valence-electron chi connectivity index (χ4n) is 2.19. The van der Waals surface area contributed by atoms with E-state index in [1.165, 1.54) is 6.26 Å². The van der Waals surface area contributed by atoms with Gasteiger partial charge in [-0.25, -0.2) is 8.42 Å². The van der Waals surface area contributed by atoms with Crippen LogP contribution in [0.15, 0.2) is 0 Å². The van der Waals surface area contributed by atoms with Crippen LogP contribution in [0.3, 0.4) is 0 Å². The maximum absolute atomic E-state index is 11.0. The van der Waals surface area contributed by atoms with Crippen molar-refractivity contribution in [2.24, 2.45) is 5.92 Å². The van der Waals surface area contributed by atoms with Gasteiger partial charge in [0.2, 0.25) is 0 Å². The molecule has 0 aromatic rings. The lowest BCUT2D eigenvalue weighted by Gasteiger charge is -2.33. The van der Waals surface area contributed by atoms with E-state index in [2.05, 4.69) is 4.90 Å². The summed E-state index contributed by atoms with van der Waals surface area (Å²) in [5, 5.41) is 9.71. The number of hydrogen-bond acceptors (Lipinski definition) is 4. The molecule has 1 atom stereocenters. The molecular formula is C11H23NO3S. The largest absolute Gasteiger partial charge is 0.393 e. The van der Waals surface area contributed by atoms with E-state index < -0.39 is 9.84 Å². The highest BCUT2D eigenvalue weighted by Gasteiger charge is 2.24. The van der Waals surface area contributed by atoms with Gasteiger partial charge < -0.3 is 10.0 Å². The summed E-state index contributed by atoms with van der Waals surface area (Å²) in [4.78, 5) is 2.18. The minimum Gasteiger partial charge on any atom is -0.393 e. The number of aliphatic hydroxyl groups is 1. The molecule has 0 saturated carbocycles. The summed E-state index contributed by atoms with van der Waals surface area (Å²) in [7, 11) is -2.85. The lowest BCUT2D eigenvalue weighted by Crippen LogP contribution is -2.39. The Morgan fingerprint density at radius 3 is 2.38 bits per heavy atom. The summed E-state index contributed by atoms with van der Waals surface area (Å²) < 4.78 is 22.1. The van der Waals surface area contributed by atoms with Gasteiger partial charge in [-0.2, -0.15) is 0 Å². The quantitative estimate of drug-likeness (QED) is 0.771. The lowest BCUT2D eigenvalue weighted by atomic mass is 9.90. The molecule has 0 aromatic heterocycles. The Bertz CT molecular complexity index is 294. The summed E-state index contributed by atoms with van der Waals surface area (Å²) in [6, 6.07) is 0. The minimum atomic E-state index is -2.85. The molecule has 0 aliphatic carbocycles. The molecule has 1 aliphatic heterocycles.